The summed E-state index contributed by atoms with van der Waals surface area (Å²) in [6.07, 6.45) is 2.12. The van der Waals surface area contributed by atoms with Gasteiger partial charge >= 0.3 is 0 Å². The smallest absolute Gasteiger partial charge is 0.234 e. The normalized spacial score (nSPS) is 21.5. The Bertz CT molecular complexity index is 281. The van der Waals surface area contributed by atoms with Crippen molar-refractivity contribution in [3.63, 3.8) is 0 Å². The molecule has 1 amide bonds. The number of nitrogens with two attached hydrogens (primary N) is 1. The summed E-state index contributed by atoms with van der Waals surface area (Å²) in [5.41, 5.74) is 5.66. The maximum Gasteiger partial charge on any atom is 0.234 e. The fraction of sp³-hybridized carbons (Fsp3) is 0.833. The highest BCUT2D eigenvalue weighted by molar-refractivity contribution is 7.80. The van der Waals surface area contributed by atoms with Gasteiger partial charge in [-0.25, -0.2) is 0 Å². The summed E-state index contributed by atoms with van der Waals surface area (Å²) in [6, 6.07) is 0. The number of carbonyl (C=O) groups excluding carboxylic acids is 1. The van der Waals surface area contributed by atoms with Gasteiger partial charge < -0.3 is 11.1 Å². The van der Waals surface area contributed by atoms with E-state index < -0.39 is 0 Å². The number of rotatable bonds is 5. The molecular formula is C12H23N3OS. The molecule has 1 unspecified atom stereocenters. The molecule has 0 aromatic rings. The fourth-order valence-electron chi connectivity index (χ4n) is 2.01. The van der Waals surface area contributed by atoms with Gasteiger partial charge in [-0.2, -0.15) is 0 Å². The zero-order chi connectivity index (χ0) is 12.8. The first-order valence-corrected chi connectivity index (χ1v) is 6.68. The van der Waals surface area contributed by atoms with E-state index in [4.69, 9.17) is 18.0 Å². The van der Waals surface area contributed by atoms with Crippen LogP contribution in [0.1, 0.15) is 26.7 Å². The van der Waals surface area contributed by atoms with Gasteiger partial charge in [0, 0.05) is 19.0 Å². The van der Waals surface area contributed by atoms with Crippen molar-refractivity contribution in [3.8, 4) is 0 Å². The quantitative estimate of drug-likeness (QED) is 0.714. The average Bonchev–Trinajstić information content (AvgIpc) is 2.26. The van der Waals surface area contributed by atoms with Crippen LogP contribution in [0.4, 0.5) is 0 Å². The molecule has 5 heteroatoms. The minimum atomic E-state index is 0.0993. The van der Waals surface area contributed by atoms with Gasteiger partial charge in [-0.3, -0.25) is 9.69 Å². The molecular weight excluding hydrogens is 234 g/mol. The van der Waals surface area contributed by atoms with E-state index in [9.17, 15) is 4.79 Å². The highest BCUT2D eigenvalue weighted by Gasteiger charge is 2.23. The van der Waals surface area contributed by atoms with Crippen molar-refractivity contribution in [2.75, 3.05) is 26.2 Å². The van der Waals surface area contributed by atoms with Crippen LogP contribution in [0, 0.1) is 11.8 Å². The van der Waals surface area contributed by atoms with Crippen molar-refractivity contribution >= 4 is 23.1 Å². The van der Waals surface area contributed by atoms with Crippen molar-refractivity contribution in [2.45, 2.75) is 26.7 Å². The average molecular weight is 257 g/mol. The van der Waals surface area contributed by atoms with E-state index >= 15 is 0 Å². The second kappa shape index (κ2) is 6.91. The third-order valence-corrected chi connectivity index (χ3v) is 3.32. The van der Waals surface area contributed by atoms with Gasteiger partial charge in [0.1, 0.15) is 0 Å². The third-order valence-electron chi connectivity index (χ3n) is 2.98. The Balaban J connectivity index is 2.30. The number of hydrogen-bond donors (Lipinski definition) is 2. The molecule has 1 saturated heterocycles. The molecule has 0 aromatic carbocycles. The molecule has 0 spiro atoms. The molecule has 98 valence electrons. The van der Waals surface area contributed by atoms with Crippen LogP contribution in [0.15, 0.2) is 0 Å². The van der Waals surface area contributed by atoms with Gasteiger partial charge in [-0.1, -0.05) is 26.1 Å². The summed E-state index contributed by atoms with van der Waals surface area (Å²) in [7, 11) is 0. The summed E-state index contributed by atoms with van der Waals surface area (Å²) in [4.78, 5) is 14.4. The molecule has 0 radical (unpaired) electrons. The van der Waals surface area contributed by atoms with Crippen LogP contribution < -0.4 is 11.1 Å². The Morgan fingerprint density at radius 1 is 1.59 bits per heavy atom. The second-order valence-electron chi connectivity index (χ2n) is 5.17. The lowest BCUT2D eigenvalue weighted by molar-refractivity contribution is -0.122. The molecule has 1 aliphatic heterocycles. The number of likely N-dealkylation sites (tertiary alicyclic amines) is 1. The Kier molecular flexibility index (Phi) is 5.85. The number of thiocarbonyl (C=S) groups is 1. The zero-order valence-electron chi connectivity index (χ0n) is 10.7. The van der Waals surface area contributed by atoms with E-state index in [-0.39, 0.29) is 11.8 Å². The second-order valence-corrected chi connectivity index (χ2v) is 5.65. The van der Waals surface area contributed by atoms with E-state index in [0.29, 0.717) is 17.5 Å². The van der Waals surface area contributed by atoms with Crippen LogP contribution in [-0.4, -0.2) is 42.0 Å². The Morgan fingerprint density at radius 3 is 2.88 bits per heavy atom. The van der Waals surface area contributed by atoms with Gasteiger partial charge in [-0.05, 0) is 25.3 Å². The van der Waals surface area contributed by atoms with Crippen LogP contribution >= 0.6 is 12.2 Å². The molecule has 4 nitrogen and oxygen atoms in total. The molecule has 1 rings (SSSR count). The molecule has 1 aliphatic rings. The highest BCUT2D eigenvalue weighted by atomic mass is 32.1. The number of hydrogen-bond acceptors (Lipinski definition) is 3. The lowest BCUT2D eigenvalue weighted by atomic mass is 9.98. The Morgan fingerprint density at radius 2 is 2.29 bits per heavy atom. The molecule has 17 heavy (non-hydrogen) atoms. The molecule has 0 saturated carbocycles. The van der Waals surface area contributed by atoms with Gasteiger partial charge in [0.25, 0.3) is 0 Å². The minimum Gasteiger partial charge on any atom is -0.393 e. The van der Waals surface area contributed by atoms with Crippen molar-refractivity contribution in [1.82, 2.24) is 10.2 Å². The summed E-state index contributed by atoms with van der Waals surface area (Å²) in [6.45, 7) is 7.17. The lowest BCUT2D eigenvalue weighted by Gasteiger charge is -2.31. The third kappa shape index (κ3) is 5.46. The predicted octanol–water partition coefficient (Wildman–Crippen LogP) is 0.757. The number of piperidine rings is 1. The van der Waals surface area contributed by atoms with Crippen LogP contribution in [0.25, 0.3) is 0 Å². The Labute approximate surface area is 109 Å². The van der Waals surface area contributed by atoms with Gasteiger partial charge in [0.15, 0.2) is 0 Å². The first kappa shape index (κ1) is 14.4. The van der Waals surface area contributed by atoms with Crippen molar-refractivity contribution in [1.29, 1.82) is 0 Å². The van der Waals surface area contributed by atoms with Gasteiger partial charge in [0.2, 0.25) is 5.91 Å². The molecule has 0 aliphatic carbocycles. The van der Waals surface area contributed by atoms with Crippen LogP contribution in [-0.2, 0) is 4.79 Å². The standard InChI is InChI=1S/C12H23N3OS/c1-9(2)6-14-11(16)8-15-5-3-4-10(7-15)12(13)17/h9-10H,3-8H2,1-2H3,(H2,13,17)(H,14,16). The molecule has 3 N–H and O–H groups in total. The van der Waals surface area contributed by atoms with Crippen LogP contribution in [0.2, 0.25) is 0 Å². The lowest BCUT2D eigenvalue weighted by Crippen LogP contribution is -2.45. The Hall–Kier alpha value is -0.680. The molecule has 1 heterocycles. The monoisotopic (exact) mass is 257 g/mol. The number of nitrogens with zero attached hydrogens (tertiary/aromatic N) is 1. The maximum absolute atomic E-state index is 11.7. The SMILES string of the molecule is CC(C)CNC(=O)CN1CCCC(C(N)=S)C1. The topological polar surface area (TPSA) is 58.4 Å². The van der Waals surface area contributed by atoms with Gasteiger partial charge in [-0.15, -0.1) is 0 Å². The van der Waals surface area contributed by atoms with E-state index in [1.165, 1.54) is 0 Å². The zero-order valence-corrected chi connectivity index (χ0v) is 11.6. The van der Waals surface area contributed by atoms with E-state index in [1.807, 2.05) is 0 Å². The number of carbonyl (C=O) groups is 1. The van der Waals surface area contributed by atoms with E-state index in [2.05, 4.69) is 24.1 Å². The molecule has 0 bridgehead atoms. The predicted molar refractivity (Wildman–Crippen MR) is 73.8 cm³/mol. The van der Waals surface area contributed by atoms with Crippen molar-refractivity contribution < 1.29 is 4.79 Å². The van der Waals surface area contributed by atoms with E-state index in [1.54, 1.807) is 0 Å². The molecule has 1 atom stereocenters. The summed E-state index contributed by atoms with van der Waals surface area (Å²) in [5, 5.41) is 2.93. The first-order valence-electron chi connectivity index (χ1n) is 6.27. The largest absolute Gasteiger partial charge is 0.393 e. The van der Waals surface area contributed by atoms with Crippen LogP contribution in [0.3, 0.4) is 0 Å². The van der Waals surface area contributed by atoms with Crippen molar-refractivity contribution in [3.05, 3.63) is 0 Å². The fourth-order valence-corrected chi connectivity index (χ4v) is 2.20. The number of amides is 1. The molecule has 0 aromatic heterocycles. The summed E-state index contributed by atoms with van der Waals surface area (Å²) >= 11 is 5.02. The van der Waals surface area contributed by atoms with Crippen molar-refractivity contribution in [2.24, 2.45) is 17.6 Å². The minimum absolute atomic E-state index is 0.0993. The highest BCUT2D eigenvalue weighted by Crippen LogP contribution is 2.16. The first-order chi connectivity index (χ1) is 7.99. The van der Waals surface area contributed by atoms with E-state index in [0.717, 1.165) is 32.5 Å². The number of nitrogens with one attached hydrogen (secondary N) is 1. The molecule has 1 fully saturated rings. The summed E-state index contributed by atoms with van der Waals surface area (Å²) in [5.74, 6) is 0.864. The maximum atomic E-state index is 11.7. The van der Waals surface area contributed by atoms with Gasteiger partial charge in [0.05, 0.1) is 11.5 Å². The summed E-state index contributed by atoms with van der Waals surface area (Å²) < 4.78 is 0. The van der Waals surface area contributed by atoms with Crippen LogP contribution in [0.5, 0.6) is 0 Å².